The Hall–Kier alpha value is -2.22. The van der Waals surface area contributed by atoms with Crippen molar-refractivity contribution in [3.8, 4) is 11.3 Å². The molecule has 150 valence electrons. The third-order valence-electron chi connectivity index (χ3n) is 4.14. The number of thiazole rings is 1. The number of nitrogens with zero attached hydrogens (tertiary/aromatic N) is 1. The zero-order chi connectivity index (χ0) is 20.8. The molecule has 1 aromatic heterocycles. The lowest BCUT2D eigenvalue weighted by molar-refractivity contribution is -0.121. The summed E-state index contributed by atoms with van der Waals surface area (Å²) in [6.07, 6.45) is 0.205. The van der Waals surface area contributed by atoms with E-state index in [2.05, 4.69) is 31.5 Å². The van der Waals surface area contributed by atoms with E-state index in [4.69, 9.17) is 11.6 Å². The number of carbonyl (C=O) groups excluding carboxylic acids is 2. The van der Waals surface area contributed by atoms with Crippen LogP contribution in [-0.2, 0) is 11.3 Å². The van der Waals surface area contributed by atoms with Crippen molar-refractivity contribution in [3.63, 3.8) is 0 Å². The van der Waals surface area contributed by atoms with Crippen LogP contribution in [0.25, 0.3) is 11.3 Å². The lowest BCUT2D eigenvalue weighted by atomic mass is 10.1. The first-order valence-electron chi connectivity index (χ1n) is 8.95. The molecule has 0 aliphatic rings. The summed E-state index contributed by atoms with van der Waals surface area (Å²) in [4.78, 5) is 29.8. The Morgan fingerprint density at radius 1 is 1.07 bits per heavy atom. The lowest BCUT2D eigenvalue weighted by Crippen LogP contribution is -2.30. The van der Waals surface area contributed by atoms with Gasteiger partial charge in [0.2, 0.25) is 5.91 Å². The molecule has 0 spiro atoms. The molecule has 1 heterocycles. The lowest BCUT2D eigenvalue weighted by Gasteiger charge is -2.06. The minimum Gasteiger partial charge on any atom is -0.352 e. The molecule has 29 heavy (non-hydrogen) atoms. The molecule has 2 amide bonds. The van der Waals surface area contributed by atoms with Gasteiger partial charge in [0.15, 0.2) is 0 Å². The molecule has 3 aromatic rings. The number of nitrogens with one attached hydrogen (secondary N) is 2. The summed E-state index contributed by atoms with van der Waals surface area (Å²) < 4.78 is 0.907. The van der Waals surface area contributed by atoms with Gasteiger partial charge in [0.1, 0.15) is 5.01 Å². The van der Waals surface area contributed by atoms with Crippen LogP contribution in [0.4, 0.5) is 0 Å². The summed E-state index contributed by atoms with van der Waals surface area (Å²) in [5, 5.41) is 7.11. The Kier molecular flexibility index (Phi) is 7.41. The Bertz CT molecular complexity index is 1000. The Balaban J connectivity index is 1.46. The molecular formula is C21H19BrClN3O2S. The molecule has 2 aromatic carbocycles. The largest absolute Gasteiger partial charge is 0.352 e. The Labute approximate surface area is 186 Å². The quantitative estimate of drug-likeness (QED) is 0.489. The van der Waals surface area contributed by atoms with E-state index in [0.29, 0.717) is 17.1 Å². The maximum Gasteiger partial charge on any atom is 0.251 e. The monoisotopic (exact) mass is 491 g/mol. The Morgan fingerprint density at radius 3 is 2.45 bits per heavy atom. The van der Waals surface area contributed by atoms with Gasteiger partial charge in [-0.3, -0.25) is 9.59 Å². The minimum absolute atomic E-state index is 0.137. The molecule has 0 bridgehead atoms. The van der Waals surface area contributed by atoms with Crippen LogP contribution in [0.15, 0.2) is 53.0 Å². The second-order valence-electron chi connectivity index (χ2n) is 6.31. The number of amides is 2. The molecule has 8 heteroatoms. The van der Waals surface area contributed by atoms with E-state index in [1.807, 2.05) is 31.2 Å². The van der Waals surface area contributed by atoms with Gasteiger partial charge in [-0.25, -0.2) is 4.98 Å². The highest BCUT2D eigenvalue weighted by atomic mass is 79.9. The van der Waals surface area contributed by atoms with Crippen LogP contribution >= 0.6 is 38.9 Å². The first kappa shape index (κ1) is 21.5. The van der Waals surface area contributed by atoms with Crippen LogP contribution in [0, 0.1) is 6.92 Å². The van der Waals surface area contributed by atoms with Crippen LogP contribution in [0.2, 0.25) is 5.02 Å². The average molecular weight is 493 g/mol. The minimum atomic E-state index is -0.201. The number of carbonyl (C=O) groups is 2. The number of hydrogen-bond acceptors (Lipinski definition) is 4. The van der Waals surface area contributed by atoms with E-state index in [9.17, 15) is 9.59 Å². The fraction of sp³-hybridized carbons (Fsp3) is 0.190. The van der Waals surface area contributed by atoms with Crippen molar-refractivity contribution in [1.29, 1.82) is 0 Å². The van der Waals surface area contributed by atoms with Crippen molar-refractivity contribution in [2.45, 2.75) is 19.9 Å². The summed E-state index contributed by atoms with van der Waals surface area (Å²) in [6.45, 7) is 2.64. The van der Waals surface area contributed by atoms with Crippen molar-refractivity contribution in [3.05, 3.63) is 73.5 Å². The number of aryl methyl sites for hydroxylation is 1. The molecule has 3 rings (SSSR count). The molecule has 0 saturated carbocycles. The molecule has 0 fully saturated rings. The van der Waals surface area contributed by atoms with Gasteiger partial charge < -0.3 is 10.6 Å². The SMILES string of the molecule is Cc1sc(CNC(=O)CCNC(=O)c2ccc(Br)cc2)nc1-c1ccc(Cl)cc1. The third-order valence-corrected chi connectivity index (χ3v) is 5.89. The standard InChI is InChI=1S/C21H19BrClN3O2S/c1-13-20(14-4-8-17(23)9-5-14)26-19(29-13)12-25-18(27)10-11-24-21(28)15-2-6-16(22)7-3-15/h2-9H,10-12H2,1H3,(H,24,28)(H,25,27). The van der Waals surface area contributed by atoms with Crippen molar-refractivity contribution < 1.29 is 9.59 Å². The number of benzene rings is 2. The van der Waals surface area contributed by atoms with E-state index in [0.717, 1.165) is 25.6 Å². The molecule has 0 aliphatic carbocycles. The van der Waals surface area contributed by atoms with Crippen molar-refractivity contribution in [2.75, 3.05) is 6.54 Å². The van der Waals surface area contributed by atoms with Gasteiger partial charge in [0, 0.05) is 38.5 Å². The number of aromatic nitrogens is 1. The molecular weight excluding hydrogens is 474 g/mol. The number of halogens is 2. The fourth-order valence-corrected chi connectivity index (χ4v) is 3.94. The van der Waals surface area contributed by atoms with Crippen LogP contribution in [0.3, 0.4) is 0 Å². The predicted octanol–water partition coefficient (Wildman–Crippen LogP) is 4.97. The second kappa shape index (κ2) is 10.0. The topological polar surface area (TPSA) is 71.1 Å². The zero-order valence-electron chi connectivity index (χ0n) is 15.7. The van der Waals surface area contributed by atoms with Crippen molar-refractivity contribution in [1.82, 2.24) is 15.6 Å². The van der Waals surface area contributed by atoms with Gasteiger partial charge in [0.25, 0.3) is 5.91 Å². The average Bonchev–Trinajstić information content (AvgIpc) is 3.08. The van der Waals surface area contributed by atoms with Crippen molar-refractivity contribution >= 4 is 50.7 Å². The first-order valence-corrected chi connectivity index (χ1v) is 10.9. The van der Waals surface area contributed by atoms with Gasteiger partial charge >= 0.3 is 0 Å². The highest BCUT2D eigenvalue weighted by Gasteiger charge is 2.11. The number of hydrogen-bond donors (Lipinski definition) is 2. The third kappa shape index (κ3) is 6.13. The molecule has 0 unspecified atom stereocenters. The van der Waals surface area contributed by atoms with E-state index < -0.39 is 0 Å². The van der Waals surface area contributed by atoms with Gasteiger partial charge in [0.05, 0.1) is 12.2 Å². The molecule has 5 nitrogen and oxygen atoms in total. The number of rotatable bonds is 7. The molecule has 2 N–H and O–H groups in total. The Morgan fingerprint density at radius 2 is 1.76 bits per heavy atom. The van der Waals surface area contributed by atoms with Gasteiger partial charge in [-0.05, 0) is 43.3 Å². The predicted molar refractivity (Wildman–Crippen MR) is 120 cm³/mol. The molecule has 0 radical (unpaired) electrons. The van der Waals surface area contributed by atoms with E-state index in [-0.39, 0.29) is 24.8 Å². The highest BCUT2D eigenvalue weighted by Crippen LogP contribution is 2.28. The van der Waals surface area contributed by atoms with E-state index >= 15 is 0 Å². The van der Waals surface area contributed by atoms with Crippen LogP contribution < -0.4 is 10.6 Å². The maximum absolute atomic E-state index is 12.1. The summed E-state index contributed by atoms with van der Waals surface area (Å²) in [7, 11) is 0. The summed E-state index contributed by atoms with van der Waals surface area (Å²) in [5.41, 5.74) is 2.45. The molecule has 0 aliphatic heterocycles. The van der Waals surface area contributed by atoms with Crippen LogP contribution in [0.1, 0.15) is 26.7 Å². The van der Waals surface area contributed by atoms with Gasteiger partial charge in [-0.15, -0.1) is 11.3 Å². The second-order valence-corrected chi connectivity index (χ2v) is 8.95. The normalized spacial score (nSPS) is 10.6. The van der Waals surface area contributed by atoms with Crippen LogP contribution in [0.5, 0.6) is 0 Å². The van der Waals surface area contributed by atoms with Gasteiger partial charge in [-0.1, -0.05) is 39.7 Å². The van der Waals surface area contributed by atoms with E-state index in [1.165, 1.54) is 0 Å². The summed E-state index contributed by atoms with van der Waals surface area (Å²) in [6, 6.07) is 14.6. The van der Waals surface area contributed by atoms with Gasteiger partial charge in [-0.2, -0.15) is 0 Å². The summed E-state index contributed by atoms with van der Waals surface area (Å²) in [5.74, 6) is -0.338. The molecule has 0 atom stereocenters. The highest BCUT2D eigenvalue weighted by molar-refractivity contribution is 9.10. The molecule has 0 saturated heterocycles. The first-order chi connectivity index (χ1) is 13.9. The smallest absolute Gasteiger partial charge is 0.251 e. The summed E-state index contributed by atoms with van der Waals surface area (Å²) >= 11 is 10.8. The maximum atomic E-state index is 12.1. The van der Waals surface area contributed by atoms with E-state index in [1.54, 1.807) is 35.6 Å². The van der Waals surface area contributed by atoms with Crippen molar-refractivity contribution in [2.24, 2.45) is 0 Å². The van der Waals surface area contributed by atoms with Crippen LogP contribution in [-0.4, -0.2) is 23.3 Å². The zero-order valence-corrected chi connectivity index (χ0v) is 18.8. The fourth-order valence-electron chi connectivity index (χ4n) is 2.66.